The molecule has 0 saturated heterocycles. The highest BCUT2D eigenvalue weighted by Crippen LogP contribution is 2.57. The summed E-state index contributed by atoms with van der Waals surface area (Å²) < 4.78 is 42.6. The Labute approximate surface area is 228 Å². The molecule has 1 fully saturated rings. The van der Waals surface area contributed by atoms with E-state index < -0.39 is 15.3 Å². The fourth-order valence-corrected chi connectivity index (χ4v) is 6.05. The van der Waals surface area contributed by atoms with E-state index in [2.05, 4.69) is 15.5 Å². The molecule has 0 aliphatic heterocycles. The molecule has 1 aromatic heterocycles. The number of rotatable bonds is 8. The lowest BCUT2D eigenvalue weighted by atomic mass is 9.94. The molecule has 0 spiro atoms. The predicted octanol–water partition coefficient (Wildman–Crippen LogP) is 6.24. The summed E-state index contributed by atoms with van der Waals surface area (Å²) >= 11 is 13.3. The third-order valence-corrected chi connectivity index (χ3v) is 8.87. The van der Waals surface area contributed by atoms with Crippen molar-refractivity contribution in [3.63, 3.8) is 0 Å². The lowest BCUT2D eigenvalue weighted by molar-refractivity contribution is -0.115. The Morgan fingerprint density at radius 2 is 1.68 bits per heavy atom. The molecule has 1 heterocycles. The van der Waals surface area contributed by atoms with Gasteiger partial charge < -0.3 is 9.84 Å². The Kier molecular flexibility index (Phi) is 7.02. The van der Waals surface area contributed by atoms with Crippen LogP contribution < -0.4 is 5.32 Å². The van der Waals surface area contributed by atoms with Crippen LogP contribution in [0.1, 0.15) is 36.7 Å². The smallest absolute Gasteiger partial charge is 0.257 e. The number of carbonyl (C=O) groups excluding carboxylic acids is 1. The second-order valence-corrected chi connectivity index (χ2v) is 12.2. The number of hydrogen-bond acceptors (Lipinski definition) is 6. The Bertz CT molecular complexity index is 1590. The second-order valence-electron chi connectivity index (χ2n) is 9.10. The lowest BCUT2D eigenvalue weighted by Gasteiger charge is -2.17. The van der Waals surface area contributed by atoms with Gasteiger partial charge in [0, 0.05) is 26.9 Å². The third kappa shape index (κ3) is 5.18. The van der Waals surface area contributed by atoms with E-state index in [-0.39, 0.29) is 34.7 Å². The number of sulfone groups is 1. The Balaban J connectivity index is 1.32. The first-order valence-corrected chi connectivity index (χ1v) is 14.2. The molecule has 1 amide bonds. The molecule has 1 N–H and O–H groups in total. The number of benzene rings is 3. The van der Waals surface area contributed by atoms with Gasteiger partial charge in [-0.3, -0.25) is 4.79 Å². The molecule has 5 rings (SSSR count). The summed E-state index contributed by atoms with van der Waals surface area (Å²) in [7, 11) is -3.31. The summed E-state index contributed by atoms with van der Waals surface area (Å²) in [5.41, 5.74) is 1.72. The molecular formula is C27H22Cl2FN3O4S. The van der Waals surface area contributed by atoms with Crippen LogP contribution in [0.15, 0.2) is 70.1 Å². The van der Waals surface area contributed by atoms with Crippen molar-refractivity contribution in [1.82, 2.24) is 10.1 Å². The van der Waals surface area contributed by atoms with E-state index in [4.69, 9.17) is 27.7 Å². The van der Waals surface area contributed by atoms with Crippen LogP contribution in [-0.2, 0) is 26.5 Å². The molecule has 1 saturated carbocycles. The van der Waals surface area contributed by atoms with Crippen LogP contribution in [0.25, 0.3) is 11.5 Å². The molecule has 0 bridgehead atoms. The maximum atomic E-state index is 13.3. The maximum absolute atomic E-state index is 13.3. The largest absolute Gasteiger partial charge is 0.334 e. The quantitative estimate of drug-likeness (QED) is 0.268. The number of nitrogens with zero attached hydrogens (tertiary/aromatic N) is 2. The second kappa shape index (κ2) is 10.1. The Hall–Kier alpha value is -3.27. The monoisotopic (exact) mass is 573 g/mol. The van der Waals surface area contributed by atoms with Crippen LogP contribution in [0.3, 0.4) is 0 Å². The summed E-state index contributed by atoms with van der Waals surface area (Å²) in [5.74, 6) is 0.0412. The zero-order chi connectivity index (χ0) is 27.1. The van der Waals surface area contributed by atoms with E-state index in [9.17, 15) is 17.6 Å². The van der Waals surface area contributed by atoms with Gasteiger partial charge in [0.15, 0.2) is 15.7 Å². The van der Waals surface area contributed by atoms with Crippen LogP contribution in [0, 0.1) is 5.82 Å². The average Bonchev–Trinajstić information content (AvgIpc) is 3.51. The van der Waals surface area contributed by atoms with Gasteiger partial charge in [-0.05, 0) is 66.9 Å². The molecule has 1 aliphatic rings. The highest BCUT2D eigenvalue weighted by Gasteiger charge is 2.52. The summed E-state index contributed by atoms with van der Waals surface area (Å²) in [6.45, 7) is 1.58. The number of anilines is 1. The van der Waals surface area contributed by atoms with Gasteiger partial charge in [-0.15, -0.1) is 0 Å². The van der Waals surface area contributed by atoms with Crippen LogP contribution in [0.2, 0.25) is 10.0 Å². The molecule has 38 heavy (non-hydrogen) atoms. The molecule has 0 atom stereocenters. The standard InChI is InChI=1S/C27H22Cl2FN3O4S/c1-2-38(35,36)20-9-3-16(4-10-20)13-23(34)31-19-14-21(28)24(22(29)15-19)27(11-12-27)26-32-25(37-33-26)17-5-7-18(30)8-6-17/h3-10,14-15H,2,11-13H2,1H3,(H,31,34). The highest BCUT2D eigenvalue weighted by atomic mass is 35.5. The van der Waals surface area contributed by atoms with E-state index in [1.807, 2.05) is 0 Å². The minimum atomic E-state index is -3.31. The SMILES string of the molecule is CCS(=O)(=O)c1ccc(CC(=O)Nc2cc(Cl)c(C3(c4noc(-c5ccc(F)cc5)n4)CC3)c(Cl)c2)cc1. The van der Waals surface area contributed by atoms with Gasteiger partial charge in [-0.1, -0.05) is 47.4 Å². The van der Waals surface area contributed by atoms with E-state index >= 15 is 0 Å². The van der Waals surface area contributed by atoms with Crippen LogP contribution in [-0.4, -0.2) is 30.2 Å². The van der Waals surface area contributed by atoms with Crippen molar-refractivity contribution in [3.05, 3.63) is 93.5 Å². The number of nitrogens with one attached hydrogen (secondary N) is 1. The summed E-state index contributed by atoms with van der Waals surface area (Å²) in [6.07, 6.45) is 1.47. The van der Waals surface area contributed by atoms with Crippen molar-refractivity contribution in [1.29, 1.82) is 0 Å². The molecule has 196 valence electrons. The van der Waals surface area contributed by atoms with E-state index in [1.54, 1.807) is 43.3 Å². The summed E-state index contributed by atoms with van der Waals surface area (Å²) in [5, 5.41) is 7.65. The molecule has 4 aromatic rings. The molecule has 11 heteroatoms. The van der Waals surface area contributed by atoms with E-state index in [0.29, 0.717) is 51.1 Å². The van der Waals surface area contributed by atoms with Crippen molar-refractivity contribution < 1.29 is 22.1 Å². The fourth-order valence-electron chi connectivity index (χ4n) is 4.31. The van der Waals surface area contributed by atoms with Crippen LogP contribution >= 0.6 is 23.2 Å². The molecule has 1 aliphatic carbocycles. The molecule has 0 unspecified atom stereocenters. The molecule has 0 radical (unpaired) electrons. The van der Waals surface area contributed by atoms with Gasteiger partial charge in [0.1, 0.15) is 5.82 Å². The highest BCUT2D eigenvalue weighted by molar-refractivity contribution is 7.91. The number of aromatic nitrogens is 2. The van der Waals surface area contributed by atoms with Gasteiger partial charge >= 0.3 is 0 Å². The van der Waals surface area contributed by atoms with Gasteiger partial charge in [0.2, 0.25) is 5.91 Å². The first-order valence-electron chi connectivity index (χ1n) is 11.8. The Morgan fingerprint density at radius 1 is 1.05 bits per heavy atom. The zero-order valence-electron chi connectivity index (χ0n) is 20.2. The number of amides is 1. The fraction of sp³-hybridized carbons (Fsp3) is 0.222. The van der Waals surface area contributed by atoms with Crippen molar-refractivity contribution in [3.8, 4) is 11.5 Å². The van der Waals surface area contributed by atoms with E-state index in [0.717, 1.165) is 0 Å². The van der Waals surface area contributed by atoms with Gasteiger partial charge in [-0.25, -0.2) is 12.8 Å². The topological polar surface area (TPSA) is 102 Å². The molecular weight excluding hydrogens is 552 g/mol. The van der Waals surface area contributed by atoms with Gasteiger partial charge in [0.05, 0.1) is 22.5 Å². The van der Waals surface area contributed by atoms with Crippen molar-refractivity contribution in [2.45, 2.75) is 36.5 Å². The van der Waals surface area contributed by atoms with Crippen molar-refractivity contribution in [2.75, 3.05) is 11.1 Å². The summed E-state index contributed by atoms with van der Waals surface area (Å²) in [6, 6.07) is 15.2. The molecule has 3 aromatic carbocycles. The molecule has 7 nitrogen and oxygen atoms in total. The average molecular weight is 574 g/mol. The normalized spacial score (nSPS) is 14.3. The van der Waals surface area contributed by atoms with E-state index in [1.165, 1.54) is 24.3 Å². The van der Waals surface area contributed by atoms with Crippen molar-refractivity contribution >= 4 is 44.6 Å². The lowest BCUT2D eigenvalue weighted by Crippen LogP contribution is -2.16. The van der Waals surface area contributed by atoms with Gasteiger partial charge in [-0.2, -0.15) is 4.98 Å². The first kappa shape index (κ1) is 26.3. The van der Waals surface area contributed by atoms with Crippen LogP contribution in [0.4, 0.5) is 10.1 Å². The third-order valence-electron chi connectivity index (χ3n) is 6.53. The number of hydrogen-bond donors (Lipinski definition) is 1. The summed E-state index contributed by atoms with van der Waals surface area (Å²) in [4.78, 5) is 17.4. The number of carbonyl (C=O) groups is 1. The Morgan fingerprint density at radius 3 is 2.26 bits per heavy atom. The maximum Gasteiger partial charge on any atom is 0.257 e. The zero-order valence-corrected chi connectivity index (χ0v) is 22.5. The predicted molar refractivity (Wildman–Crippen MR) is 143 cm³/mol. The van der Waals surface area contributed by atoms with Gasteiger partial charge in [0.25, 0.3) is 5.89 Å². The van der Waals surface area contributed by atoms with Crippen molar-refractivity contribution in [2.24, 2.45) is 0 Å². The first-order chi connectivity index (χ1) is 18.1. The number of halogens is 3. The van der Waals surface area contributed by atoms with Crippen LogP contribution in [0.5, 0.6) is 0 Å². The minimum absolute atomic E-state index is 0.00771. The minimum Gasteiger partial charge on any atom is -0.334 e.